The number of rotatable bonds is 17. The van der Waals surface area contributed by atoms with E-state index in [1.165, 1.54) is 83.5 Å². The van der Waals surface area contributed by atoms with Gasteiger partial charge in [-0.1, -0.05) is 65.2 Å². The van der Waals surface area contributed by atoms with Crippen LogP contribution >= 0.6 is 0 Å². The first kappa shape index (κ1) is 26.0. The third-order valence-corrected chi connectivity index (χ3v) is 8.37. The van der Waals surface area contributed by atoms with Crippen LogP contribution in [0.4, 0.5) is 0 Å². The Morgan fingerprint density at radius 3 is 1.39 bits per heavy atom. The first-order chi connectivity index (χ1) is 11.3. The predicted molar refractivity (Wildman–Crippen MR) is 109 cm³/mol. The van der Waals surface area contributed by atoms with Gasteiger partial charge in [-0.15, -0.1) is 0 Å². The molecule has 140 valence electrons. The van der Waals surface area contributed by atoms with E-state index in [1.54, 1.807) is 8.87 Å². The quantitative estimate of drug-likeness (QED) is 0.169. The van der Waals surface area contributed by atoms with Gasteiger partial charge in [0, 0.05) is 13.2 Å². The SMILES string of the molecule is CCCCCCCOCCCCCCC.CCC[CH2][Sn][CH2]CC. The van der Waals surface area contributed by atoms with Gasteiger partial charge in [-0.25, -0.2) is 0 Å². The van der Waals surface area contributed by atoms with E-state index in [1.807, 2.05) is 0 Å². The summed E-state index contributed by atoms with van der Waals surface area (Å²) in [4.78, 5) is 0. The van der Waals surface area contributed by atoms with Crippen LogP contribution in [-0.2, 0) is 4.74 Å². The van der Waals surface area contributed by atoms with Crippen molar-refractivity contribution in [3.63, 3.8) is 0 Å². The molecule has 0 aliphatic rings. The maximum atomic E-state index is 5.59. The minimum atomic E-state index is 0.165. The Morgan fingerprint density at radius 1 is 0.478 bits per heavy atom. The molecule has 0 amide bonds. The molecule has 0 aromatic heterocycles. The van der Waals surface area contributed by atoms with Gasteiger partial charge in [-0.05, 0) is 12.8 Å². The molecule has 0 heterocycles. The summed E-state index contributed by atoms with van der Waals surface area (Å²) in [5.41, 5.74) is 0. The average molecular weight is 433 g/mol. The van der Waals surface area contributed by atoms with Crippen LogP contribution in [0.2, 0.25) is 8.87 Å². The molecule has 0 rings (SSSR count). The minimum absolute atomic E-state index is 0.165. The van der Waals surface area contributed by atoms with E-state index in [0.717, 1.165) is 13.2 Å². The molecule has 0 bridgehead atoms. The fourth-order valence-electron chi connectivity index (χ4n) is 2.32. The summed E-state index contributed by atoms with van der Waals surface area (Å²) in [5.74, 6) is 0. The fourth-order valence-corrected chi connectivity index (χ4v) is 5.77. The second-order valence-corrected chi connectivity index (χ2v) is 10.8. The zero-order valence-electron chi connectivity index (χ0n) is 16.9. The summed E-state index contributed by atoms with van der Waals surface area (Å²) >= 11 is 0.165. The summed E-state index contributed by atoms with van der Waals surface area (Å²) in [5, 5.41) is 0. The molecule has 0 spiro atoms. The van der Waals surface area contributed by atoms with Gasteiger partial charge < -0.3 is 4.74 Å². The number of hydrogen-bond donors (Lipinski definition) is 0. The Bertz CT molecular complexity index is 155. The van der Waals surface area contributed by atoms with E-state index >= 15 is 0 Å². The van der Waals surface area contributed by atoms with Crippen molar-refractivity contribution in [1.29, 1.82) is 0 Å². The summed E-state index contributed by atoms with van der Waals surface area (Å²) in [6.45, 7) is 11.1. The van der Waals surface area contributed by atoms with Gasteiger partial charge >= 0.3 is 63.1 Å². The Labute approximate surface area is 159 Å². The van der Waals surface area contributed by atoms with Crippen LogP contribution in [0.15, 0.2) is 0 Å². The van der Waals surface area contributed by atoms with Crippen LogP contribution in [0.1, 0.15) is 111 Å². The van der Waals surface area contributed by atoms with Gasteiger partial charge in [-0.3, -0.25) is 0 Å². The normalized spacial score (nSPS) is 10.4. The van der Waals surface area contributed by atoms with Crippen LogP contribution in [-0.4, -0.2) is 34.4 Å². The van der Waals surface area contributed by atoms with E-state index < -0.39 is 0 Å². The summed E-state index contributed by atoms with van der Waals surface area (Å²) in [7, 11) is 0. The molecule has 0 fully saturated rings. The van der Waals surface area contributed by atoms with Gasteiger partial charge in [0.25, 0.3) is 0 Å². The maximum absolute atomic E-state index is 5.59. The molecular weight excluding hydrogens is 387 g/mol. The van der Waals surface area contributed by atoms with Gasteiger partial charge in [0.2, 0.25) is 0 Å². The molecule has 2 heteroatoms. The van der Waals surface area contributed by atoms with Crippen LogP contribution < -0.4 is 0 Å². The average Bonchev–Trinajstić information content (AvgIpc) is 2.57. The summed E-state index contributed by atoms with van der Waals surface area (Å²) < 4.78 is 8.81. The second-order valence-electron chi connectivity index (χ2n) is 6.54. The number of ether oxygens (including phenoxy) is 1. The predicted octanol–water partition coefficient (Wildman–Crippen LogP) is 7.68. The van der Waals surface area contributed by atoms with Crippen LogP contribution in [0, 0.1) is 0 Å². The van der Waals surface area contributed by atoms with E-state index in [2.05, 4.69) is 27.7 Å². The van der Waals surface area contributed by atoms with Crippen molar-refractivity contribution in [3.05, 3.63) is 0 Å². The van der Waals surface area contributed by atoms with Gasteiger partial charge in [-0.2, -0.15) is 0 Å². The molecule has 2 radical (unpaired) electrons. The van der Waals surface area contributed by atoms with Gasteiger partial charge in [0.05, 0.1) is 0 Å². The summed E-state index contributed by atoms with van der Waals surface area (Å²) in [6.07, 6.45) is 17.8. The zero-order valence-corrected chi connectivity index (χ0v) is 19.8. The molecule has 0 saturated heterocycles. The van der Waals surface area contributed by atoms with Crippen molar-refractivity contribution in [1.82, 2.24) is 0 Å². The van der Waals surface area contributed by atoms with Crippen LogP contribution in [0.5, 0.6) is 0 Å². The Hall–Kier alpha value is 0.759. The van der Waals surface area contributed by atoms with E-state index in [-0.39, 0.29) is 21.1 Å². The zero-order chi connectivity index (χ0) is 17.4. The molecule has 0 aromatic rings. The Kier molecular flexibility index (Phi) is 31.2. The monoisotopic (exact) mass is 434 g/mol. The molecule has 0 saturated carbocycles. The molecule has 0 aliphatic heterocycles. The molecule has 0 aromatic carbocycles. The second kappa shape index (κ2) is 27.6. The van der Waals surface area contributed by atoms with Crippen molar-refractivity contribution in [3.8, 4) is 0 Å². The van der Waals surface area contributed by atoms with E-state index in [9.17, 15) is 0 Å². The molecule has 0 N–H and O–H groups in total. The first-order valence-electron chi connectivity index (χ1n) is 10.6. The third-order valence-electron chi connectivity index (χ3n) is 3.92. The molecule has 0 atom stereocenters. The Morgan fingerprint density at radius 2 is 0.957 bits per heavy atom. The van der Waals surface area contributed by atoms with Crippen molar-refractivity contribution < 1.29 is 4.74 Å². The van der Waals surface area contributed by atoms with Crippen LogP contribution in [0.3, 0.4) is 0 Å². The summed E-state index contributed by atoms with van der Waals surface area (Å²) in [6, 6.07) is 0. The van der Waals surface area contributed by atoms with Gasteiger partial charge in [0.15, 0.2) is 0 Å². The van der Waals surface area contributed by atoms with Crippen LogP contribution in [0.25, 0.3) is 0 Å². The number of hydrogen-bond acceptors (Lipinski definition) is 1. The molecular formula is C21H46OSn. The van der Waals surface area contributed by atoms with Crippen molar-refractivity contribution in [2.75, 3.05) is 13.2 Å². The topological polar surface area (TPSA) is 9.23 Å². The molecule has 1 nitrogen and oxygen atoms in total. The van der Waals surface area contributed by atoms with Gasteiger partial charge in [0.1, 0.15) is 0 Å². The van der Waals surface area contributed by atoms with Crippen molar-refractivity contribution in [2.24, 2.45) is 0 Å². The van der Waals surface area contributed by atoms with Crippen molar-refractivity contribution >= 4 is 21.1 Å². The first-order valence-corrected chi connectivity index (χ1v) is 14.6. The van der Waals surface area contributed by atoms with E-state index in [4.69, 9.17) is 4.74 Å². The fraction of sp³-hybridized carbons (Fsp3) is 1.00. The van der Waals surface area contributed by atoms with Crippen molar-refractivity contribution in [2.45, 2.75) is 120 Å². The number of unbranched alkanes of at least 4 members (excludes halogenated alkanes) is 9. The molecule has 0 aliphatic carbocycles. The Balaban J connectivity index is 0. The molecule has 0 unspecified atom stereocenters. The third kappa shape index (κ3) is 31.1. The molecule has 23 heavy (non-hydrogen) atoms. The standard InChI is InChI=1S/C14H30O.C4H9.C3H7.Sn/c1-3-5-7-9-11-13-15-14-12-10-8-6-4-2;1-3-4-2;1-3-2;/h3-14H2,1-2H3;1,3-4H2,2H3;1,3H2,2H3;. The van der Waals surface area contributed by atoms with E-state index in [0.29, 0.717) is 0 Å².